The van der Waals surface area contributed by atoms with Crippen molar-refractivity contribution >= 4 is 29.7 Å². The van der Waals surface area contributed by atoms with Crippen LogP contribution in [-0.4, -0.2) is 56.7 Å². The van der Waals surface area contributed by atoms with E-state index in [9.17, 15) is 4.79 Å². The SMILES string of the molecule is Cl.O=C(c1sccc1-n1cnnn1)N1CCC(NCC2CC2)CC1. The molecule has 1 saturated carbocycles. The Morgan fingerprint density at radius 3 is 2.75 bits per heavy atom. The number of hydrogen-bond acceptors (Lipinski definition) is 6. The summed E-state index contributed by atoms with van der Waals surface area (Å²) in [6, 6.07) is 2.44. The van der Waals surface area contributed by atoms with Gasteiger partial charge in [-0.3, -0.25) is 4.79 Å². The van der Waals surface area contributed by atoms with Crippen molar-refractivity contribution in [3.05, 3.63) is 22.7 Å². The van der Waals surface area contributed by atoms with Gasteiger partial charge in [0, 0.05) is 19.1 Å². The van der Waals surface area contributed by atoms with Crippen molar-refractivity contribution in [2.45, 2.75) is 31.7 Å². The summed E-state index contributed by atoms with van der Waals surface area (Å²) in [5.74, 6) is 0.991. The number of thiophene rings is 1. The predicted octanol–water partition coefficient (Wildman–Crippen LogP) is 1.75. The zero-order chi connectivity index (χ0) is 15.6. The lowest BCUT2D eigenvalue weighted by Gasteiger charge is -2.32. The van der Waals surface area contributed by atoms with Crippen molar-refractivity contribution in [2.75, 3.05) is 19.6 Å². The molecule has 3 heterocycles. The Bertz CT molecular complexity index is 663. The number of aromatic nitrogens is 4. The highest BCUT2D eigenvalue weighted by Crippen LogP contribution is 2.28. The topological polar surface area (TPSA) is 75.9 Å². The highest BCUT2D eigenvalue weighted by atomic mass is 35.5. The molecule has 24 heavy (non-hydrogen) atoms. The van der Waals surface area contributed by atoms with Crippen LogP contribution in [0.1, 0.15) is 35.4 Å². The zero-order valence-electron chi connectivity index (χ0n) is 13.3. The average molecular weight is 369 g/mol. The molecular formula is C15H21ClN6OS. The van der Waals surface area contributed by atoms with Gasteiger partial charge in [0.2, 0.25) is 0 Å². The third-order valence-electron chi connectivity index (χ3n) is 4.61. The molecule has 130 valence electrons. The molecule has 0 bridgehead atoms. The van der Waals surface area contributed by atoms with E-state index in [1.165, 1.54) is 30.5 Å². The Morgan fingerprint density at radius 1 is 1.29 bits per heavy atom. The lowest BCUT2D eigenvalue weighted by Crippen LogP contribution is -2.45. The summed E-state index contributed by atoms with van der Waals surface area (Å²) in [5.41, 5.74) is 0.763. The van der Waals surface area contributed by atoms with E-state index in [1.807, 2.05) is 16.3 Å². The Balaban J connectivity index is 0.00000169. The summed E-state index contributed by atoms with van der Waals surface area (Å²) in [6.45, 7) is 2.77. The van der Waals surface area contributed by atoms with Crippen LogP contribution in [0.25, 0.3) is 5.69 Å². The molecule has 2 aromatic rings. The molecule has 1 aliphatic heterocycles. The van der Waals surface area contributed by atoms with E-state index in [1.54, 1.807) is 4.68 Å². The van der Waals surface area contributed by atoms with E-state index in [-0.39, 0.29) is 18.3 Å². The normalized spacial score (nSPS) is 18.4. The number of halogens is 1. The Morgan fingerprint density at radius 2 is 2.08 bits per heavy atom. The number of piperidine rings is 1. The molecule has 4 rings (SSSR count). The van der Waals surface area contributed by atoms with E-state index in [2.05, 4.69) is 20.8 Å². The summed E-state index contributed by atoms with van der Waals surface area (Å²) < 4.78 is 1.55. The summed E-state index contributed by atoms with van der Waals surface area (Å²) in [5, 5.41) is 16.7. The quantitative estimate of drug-likeness (QED) is 0.870. The number of hydrogen-bond donors (Lipinski definition) is 1. The fraction of sp³-hybridized carbons (Fsp3) is 0.600. The van der Waals surface area contributed by atoms with Crippen LogP contribution in [0.5, 0.6) is 0 Å². The number of likely N-dealkylation sites (tertiary alicyclic amines) is 1. The zero-order valence-corrected chi connectivity index (χ0v) is 14.9. The van der Waals surface area contributed by atoms with Crippen LogP contribution in [0.15, 0.2) is 17.8 Å². The molecule has 2 aromatic heterocycles. The van der Waals surface area contributed by atoms with Crippen molar-refractivity contribution in [2.24, 2.45) is 5.92 Å². The molecule has 1 aliphatic carbocycles. The highest BCUT2D eigenvalue weighted by molar-refractivity contribution is 7.12. The molecule has 2 fully saturated rings. The van der Waals surface area contributed by atoms with Gasteiger partial charge in [-0.25, -0.2) is 0 Å². The lowest BCUT2D eigenvalue weighted by atomic mass is 10.0. The predicted molar refractivity (Wildman–Crippen MR) is 93.9 cm³/mol. The van der Waals surface area contributed by atoms with Crippen molar-refractivity contribution in [1.82, 2.24) is 30.4 Å². The van der Waals surface area contributed by atoms with Crippen LogP contribution in [0, 0.1) is 5.92 Å². The van der Waals surface area contributed by atoms with Gasteiger partial charge >= 0.3 is 0 Å². The van der Waals surface area contributed by atoms with E-state index in [4.69, 9.17) is 0 Å². The van der Waals surface area contributed by atoms with Gasteiger partial charge in [-0.2, -0.15) is 4.68 Å². The molecule has 1 saturated heterocycles. The minimum absolute atomic E-state index is 0. The number of carbonyl (C=O) groups is 1. The van der Waals surface area contributed by atoms with Gasteiger partial charge in [0.05, 0.1) is 5.69 Å². The molecular weight excluding hydrogens is 348 g/mol. The van der Waals surface area contributed by atoms with Crippen molar-refractivity contribution in [1.29, 1.82) is 0 Å². The van der Waals surface area contributed by atoms with Crippen LogP contribution < -0.4 is 5.32 Å². The van der Waals surface area contributed by atoms with Crippen LogP contribution in [0.4, 0.5) is 0 Å². The number of carbonyl (C=O) groups excluding carboxylic acids is 1. The van der Waals surface area contributed by atoms with Gasteiger partial charge in [0.1, 0.15) is 11.2 Å². The second-order valence-electron chi connectivity index (χ2n) is 6.31. The second kappa shape index (κ2) is 7.58. The maximum Gasteiger partial charge on any atom is 0.266 e. The van der Waals surface area contributed by atoms with E-state index >= 15 is 0 Å². The van der Waals surface area contributed by atoms with E-state index in [0.29, 0.717) is 10.9 Å². The maximum absolute atomic E-state index is 12.8. The van der Waals surface area contributed by atoms with Crippen LogP contribution in [0.3, 0.4) is 0 Å². The third kappa shape index (κ3) is 3.76. The Labute approximate surface area is 150 Å². The molecule has 0 atom stereocenters. The van der Waals surface area contributed by atoms with Crippen LogP contribution in [-0.2, 0) is 0 Å². The largest absolute Gasteiger partial charge is 0.338 e. The van der Waals surface area contributed by atoms with Gasteiger partial charge < -0.3 is 10.2 Å². The summed E-state index contributed by atoms with van der Waals surface area (Å²) >= 11 is 1.45. The molecule has 2 aliphatic rings. The van der Waals surface area contributed by atoms with Crippen molar-refractivity contribution in [3.8, 4) is 5.69 Å². The second-order valence-corrected chi connectivity index (χ2v) is 7.22. The molecule has 1 amide bonds. The van der Waals surface area contributed by atoms with Gasteiger partial charge in [-0.1, -0.05) is 0 Å². The van der Waals surface area contributed by atoms with Gasteiger partial charge in [0.15, 0.2) is 0 Å². The standard InChI is InChI=1S/C15H20N6OS.ClH/c22-15(14-13(5-8-23-14)21-10-17-18-19-21)20-6-3-12(4-7-20)16-9-11-1-2-11;/h5,8,10-12,16H,1-4,6-7,9H2;1H. The van der Waals surface area contributed by atoms with Crippen LogP contribution >= 0.6 is 23.7 Å². The first kappa shape index (κ1) is 17.3. The first-order valence-corrected chi connectivity index (χ1v) is 9.03. The summed E-state index contributed by atoms with van der Waals surface area (Å²) in [7, 11) is 0. The summed E-state index contributed by atoms with van der Waals surface area (Å²) in [6.07, 6.45) is 6.34. The average Bonchev–Trinajstić information content (AvgIpc) is 3.05. The Hall–Kier alpha value is -1.51. The van der Waals surface area contributed by atoms with Crippen molar-refractivity contribution < 1.29 is 4.79 Å². The first-order chi connectivity index (χ1) is 11.3. The highest BCUT2D eigenvalue weighted by Gasteiger charge is 2.28. The molecule has 0 spiro atoms. The number of nitrogens with one attached hydrogen (secondary N) is 1. The molecule has 1 N–H and O–H groups in total. The minimum atomic E-state index is 0. The van der Waals surface area contributed by atoms with E-state index < -0.39 is 0 Å². The number of amides is 1. The summed E-state index contributed by atoms with van der Waals surface area (Å²) in [4.78, 5) is 15.5. The molecule has 0 aromatic carbocycles. The van der Waals surface area contributed by atoms with Gasteiger partial charge in [-0.15, -0.1) is 28.8 Å². The maximum atomic E-state index is 12.8. The number of tetrazole rings is 1. The number of rotatable bonds is 5. The fourth-order valence-electron chi connectivity index (χ4n) is 3.00. The van der Waals surface area contributed by atoms with E-state index in [0.717, 1.165) is 44.1 Å². The fourth-order valence-corrected chi connectivity index (χ4v) is 3.85. The molecule has 0 radical (unpaired) electrons. The molecule has 7 nitrogen and oxygen atoms in total. The third-order valence-corrected chi connectivity index (χ3v) is 5.50. The van der Waals surface area contributed by atoms with Gasteiger partial charge in [0.25, 0.3) is 5.91 Å². The molecule has 0 unspecified atom stereocenters. The lowest BCUT2D eigenvalue weighted by molar-refractivity contribution is 0.0710. The molecule has 9 heteroatoms. The Kier molecular flexibility index (Phi) is 5.47. The van der Waals surface area contributed by atoms with Crippen molar-refractivity contribution in [3.63, 3.8) is 0 Å². The first-order valence-electron chi connectivity index (χ1n) is 8.15. The van der Waals surface area contributed by atoms with Gasteiger partial charge in [-0.05, 0) is 60.0 Å². The number of nitrogens with zero attached hydrogens (tertiary/aromatic N) is 5. The minimum Gasteiger partial charge on any atom is -0.338 e. The monoisotopic (exact) mass is 368 g/mol. The smallest absolute Gasteiger partial charge is 0.266 e. The van der Waals surface area contributed by atoms with Crippen LogP contribution in [0.2, 0.25) is 0 Å².